The van der Waals surface area contributed by atoms with Crippen molar-refractivity contribution in [3.63, 3.8) is 0 Å². The van der Waals surface area contributed by atoms with Gasteiger partial charge >= 0.3 is 0 Å². The molecule has 110 valence electrons. The van der Waals surface area contributed by atoms with Gasteiger partial charge in [0.05, 0.1) is 6.61 Å². The van der Waals surface area contributed by atoms with Crippen LogP contribution in [0.5, 0.6) is 5.75 Å². The maximum absolute atomic E-state index is 5.92. The molecule has 2 heteroatoms. The Morgan fingerprint density at radius 1 is 1.30 bits per heavy atom. The molecule has 2 nitrogen and oxygen atoms in total. The van der Waals surface area contributed by atoms with Crippen molar-refractivity contribution in [1.29, 1.82) is 0 Å². The predicted octanol–water partition coefficient (Wildman–Crippen LogP) is 3.97. The molecule has 0 radical (unpaired) electrons. The minimum Gasteiger partial charge on any atom is -0.493 e. The molecule has 1 aliphatic heterocycles. The standard InChI is InChI=1S/C18H27NO/c1-3-19-18(14-8-6-7-13(2)11-14)16-12-20-17-10-5-4-9-15(16)17/h4-5,9-10,13-14,16,18-19H,3,6-8,11-12H2,1-2H3. The minimum atomic E-state index is 0.529. The number of fused-ring (bicyclic) bond motifs is 1. The van der Waals surface area contributed by atoms with Gasteiger partial charge in [-0.3, -0.25) is 0 Å². The van der Waals surface area contributed by atoms with Crippen molar-refractivity contribution in [2.75, 3.05) is 13.2 Å². The molecular weight excluding hydrogens is 246 g/mol. The molecule has 3 rings (SSSR count). The van der Waals surface area contributed by atoms with Crippen molar-refractivity contribution < 1.29 is 4.74 Å². The number of nitrogens with one attached hydrogen (secondary N) is 1. The highest BCUT2D eigenvalue weighted by Gasteiger charge is 2.36. The van der Waals surface area contributed by atoms with E-state index in [-0.39, 0.29) is 0 Å². The van der Waals surface area contributed by atoms with Crippen LogP contribution in [0, 0.1) is 11.8 Å². The van der Waals surface area contributed by atoms with Crippen LogP contribution in [0.4, 0.5) is 0 Å². The quantitative estimate of drug-likeness (QED) is 0.896. The Morgan fingerprint density at radius 2 is 2.15 bits per heavy atom. The lowest BCUT2D eigenvalue weighted by Gasteiger charge is -2.36. The highest BCUT2D eigenvalue weighted by atomic mass is 16.5. The Morgan fingerprint density at radius 3 is 2.95 bits per heavy atom. The van der Waals surface area contributed by atoms with Gasteiger partial charge in [-0.05, 0) is 37.3 Å². The summed E-state index contributed by atoms with van der Waals surface area (Å²) in [6.45, 7) is 6.53. The normalized spacial score (nSPS) is 30.6. The van der Waals surface area contributed by atoms with Crippen LogP contribution in [0.3, 0.4) is 0 Å². The number of ether oxygens (including phenoxy) is 1. The lowest BCUT2D eigenvalue weighted by atomic mass is 9.74. The summed E-state index contributed by atoms with van der Waals surface area (Å²) in [5.41, 5.74) is 1.41. The maximum Gasteiger partial charge on any atom is 0.122 e. The highest BCUT2D eigenvalue weighted by Crippen LogP contribution is 2.41. The topological polar surface area (TPSA) is 21.3 Å². The van der Waals surface area contributed by atoms with Gasteiger partial charge in [0.2, 0.25) is 0 Å². The van der Waals surface area contributed by atoms with Gasteiger partial charge in [0.15, 0.2) is 0 Å². The molecule has 1 saturated carbocycles. The lowest BCUT2D eigenvalue weighted by Crippen LogP contribution is -2.43. The Labute approximate surface area is 122 Å². The summed E-state index contributed by atoms with van der Waals surface area (Å²) in [4.78, 5) is 0. The van der Waals surface area contributed by atoms with Crippen LogP contribution in [-0.4, -0.2) is 19.2 Å². The zero-order valence-electron chi connectivity index (χ0n) is 12.8. The van der Waals surface area contributed by atoms with Crippen LogP contribution in [0.15, 0.2) is 24.3 Å². The molecule has 1 aromatic rings. The molecule has 1 fully saturated rings. The molecule has 0 aromatic heterocycles. The third-order valence-electron chi connectivity index (χ3n) is 5.10. The van der Waals surface area contributed by atoms with Crippen LogP contribution in [0.25, 0.3) is 0 Å². The molecule has 4 atom stereocenters. The molecule has 1 N–H and O–H groups in total. The lowest BCUT2D eigenvalue weighted by molar-refractivity contribution is 0.187. The first-order valence-corrected chi connectivity index (χ1v) is 8.24. The van der Waals surface area contributed by atoms with E-state index in [4.69, 9.17) is 4.74 Å². The SMILES string of the molecule is CCNC(C1CCCC(C)C1)C1COc2ccccc21. The number of para-hydroxylation sites is 1. The van der Waals surface area contributed by atoms with Gasteiger partial charge in [0.25, 0.3) is 0 Å². The molecule has 1 aliphatic carbocycles. The summed E-state index contributed by atoms with van der Waals surface area (Å²) in [6.07, 6.45) is 5.55. The highest BCUT2D eigenvalue weighted by molar-refractivity contribution is 5.40. The molecule has 2 aliphatic rings. The molecular formula is C18H27NO. The number of hydrogen-bond donors (Lipinski definition) is 1. The average molecular weight is 273 g/mol. The second kappa shape index (κ2) is 6.17. The van der Waals surface area contributed by atoms with Crippen LogP contribution in [0.1, 0.15) is 51.0 Å². The fourth-order valence-corrected chi connectivity index (χ4v) is 4.17. The van der Waals surface area contributed by atoms with Crippen molar-refractivity contribution in [1.82, 2.24) is 5.32 Å². The molecule has 0 amide bonds. The second-order valence-electron chi connectivity index (χ2n) is 6.57. The molecule has 20 heavy (non-hydrogen) atoms. The third-order valence-corrected chi connectivity index (χ3v) is 5.10. The van der Waals surface area contributed by atoms with E-state index in [2.05, 4.69) is 43.4 Å². The number of benzene rings is 1. The fourth-order valence-electron chi connectivity index (χ4n) is 4.17. The van der Waals surface area contributed by atoms with E-state index in [0.717, 1.165) is 30.7 Å². The predicted molar refractivity (Wildman–Crippen MR) is 83.3 cm³/mol. The van der Waals surface area contributed by atoms with Crippen LogP contribution >= 0.6 is 0 Å². The molecule has 0 bridgehead atoms. The van der Waals surface area contributed by atoms with Crippen molar-refractivity contribution >= 4 is 0 Å². The zero-order valence-corrected chi connectivity index (χ0v) is 12.8. The van der Waals surface area contributed by atoms with Crippen LogP contribution in [0.2, 0.25) is 0 Å². The number of likely N-dealkylation sites (N-methyl/N-ethyl adjacent to an activating group) is 1. The fraction of sp³-hybridized carbons (Fsp3) is 0.667. The third kappa shape index (κ3) is 2.71. The van der Waals surface area contributed by atoms with Gasteiger partial charge in [0, 0.05) is 17.5 Å². The molecule has 0 saturated heterocycles. The molecule has 1 heterocycles. The van der Waals surface area contributed by atoms with E-state index in [0.29, 0.717) is 12.0 Å². The van der Waals surface area contributed by atoms with Gasteiger partial charge in [-0.25, -0.2) is 0 Å². The molecule has 4 unspecified atom stereocenters. The van der Waals surface area contributed by atoms with Crippen molar-refractivity contribution in [3.8, 4) is 5.75 Å². The summed E-state index contributed by atoms with van der Waals surface area (Å²) < 4.78 is 5.92. The average Bonchev–Trinajstić information content (AvgIpc) is 2.88. The van der Waals surface area contributed by atoms with E-state index in [1.807, 2.05) is 0 Å². The maximum atomic E-state index is 5.92. The van der Waals surface area contributed by atoms with E-state index in [1.165, 1.54) is 31.2 Å². The summed E-state index contributed by atoms with van der Waals surface area (Å²) >= 11 is 0. The van der Waals surface area contributed by atoms with Crippen molar-refractivity contribution in [3.05, 3.63) is 29.8 Å². The van der Waals surface area contributed by atoms with E-state index < -0.39 is 0 Å². The number of rotatable bonds is 4. The smallest absolute Gasteiger partial charge is 0.122 e. The molecule has 0 spiro atoms. The monoisotopic (exact) mass is 273 g/mol. The van der Waals surface area contributed by atoms with Crippen molar-refractivity contribution in [2.24, 2.45) is 11.8 Å². The minimum absolute atomic E-state index is 0.529. The van der Waals surface area contributed by atoms with Gasteiger partial charge in [-0.15, -0.1) is 0 Å². The first kappa shape index (κ1) is 13.9. The van der Waals surface area contributed by atoms with Crippen LogP contribution < -0.4 is 10.1 Å². The first-order valence-electron chi connectivity index (χ1n) is 8.24. The Bertz CT molecular complexity index is 445. The Kier molecular flexibility index (Phi) is 4.30. The summed E-state index contributed by atoms with van der Waals surface area (Å²) in [6, 6.07) is 9.16. The van der Waals surface area contributed by atoms with Gasteiger partial charge in [0.1, 0.15) is 5.75 Å². The summed E-state index contributed by atoms with van der Waals surface area (Å²) in [7, 11) is 0. The molecule has 1 aromatic carbocycles. The Balaban J connectivity index is 1.80. The van der Waals surface area contributed by atoms with Crippen molar-refractivity contribution in [2.45, 2.75) is 51.5 Å². The van der Waals surface area contributed by atoms with Gasteiger partial charge in [-0.2, -0.15) is 0 Å². The van der Waals surface area contributed by atoms with E-state index in [1.54, 1.807) is 0 Å². The largest absolute Gasteiger partial charge is 0.493 e. The van der Waals surface area contributed by atoms with Gasteiger partial charge < -0.3 is 10.1 Å². The zero-order chi connectivity index (χ0) is 13.9. The Hall–Kier alpha value is -1.02. The van der Waals surface area contributed by atoms with Gasteiger partial charge in [-0.1, -0.05) is 44.9 Å². The van der Waals surface area contributed by atoms with Crippen LogP contribution in [-0.2, 0) is 0 Å². The summed E-state index contributed by atoms with van der Waals surface area (Å²) in [5.74, 6) is 3.32. The second-order valence-corrected chi connectivity index (χ2v) is 6.57. The first-order chi connectivity index (χ1) is 9.79. The van der Waals surface area contributed by atoms with E-state index >= 15 is 0 Å². The number of hydrogen-bond acceptors (Lipinski definition) is 2. The van der Waals surface area contributed by atoms with E-state index in [9.17, 15) is 0 Å². The summed E-state index contributed by atoms with van der Waals surface area (Å²) in [5, 5.41) is 3.78.